The van der Waals surface area contributed by atoms with Crippen molar-refractivity contribution in [2.24, 2.45) is 0 Å². The summed E-state index contributed by atoms with van der Waals surface area (Å²) in [6, 6.07) is 5.89. The first-order valence-corrected chi connectivity index (χ1v) is 7.18. The predicted octanol–water partition coefficient (Wildman–Crippen LogP) is 2.32. The van der Waals surface area contributed by atoms with Crippen LogP contribution < -0.4 is 4.31 Å². The molecule has 3 rings (SSSR count). The number of nitrogens with zero attached hydrogens (tertiary/aromatic N) is 1. The van der Waals surface area contributed by atoms with Gasteiger partial charge in [-0.3, -0.25) is 4.31 Å². The monoisotopic (exact) mass is 249 g/mol. The minimum Gasteiger partial charge on any atom is -0.272 e. The zero-order valence-electron chi connectivity index (χ0n) is 9.97. The van der Waals surface area contributed by atoms with Crippen molar-refractivity contribution < 1.29 is 8.42 Å². The van der Waals surface area contributed by atoms with Crippen molar-refractivity contribution in [3.8, 4) is 0 Å². The predicted molar refractivity (Wildman–Crippen MR) is 68.6 cm³/mol. The Labute approximate surface area is 102 Å². The highest BCUT2D eigenvalue weighted by Crippen LogP contribution is 2.53. The van der Waals surface area contributed by atoms with E-state index in [0.29, 0.717) is 12.8 Å². The summed E-state index contributed by atoms with van der Waals surface area (Å²) in [6.07, 6.45) is 5.14. The van der Waals surface area contributed by atoms with Crippen LogP contribution in [0.1, 0.15) is 24.0 Å². The van der Waals surface area contributed by atoms with Gasteiger partial charge < -0.3 is 0 Å². The second-order valence-electron chi connectivity index (χ2n) is 4.87. The Morgan fingerprint density at radius 3 is 2.53 bits per heavy atom. The lowest BCUT2D eigenvalue weighted by atomic mass is 9.93. The first kappa shape index (κ1) is 10.8. The topological polar surface area (TPSA) is 37.4 Å². The van der Waals surface area contributed by atoms with E-state index in [1.165, 1.54) is 4.31 Å². The zero-order chi connectivity index (χ0) is 12.3. The van der Waals surface area contributed by atoms with Crippen LogP contribution in [-0.4, -0.2) is 15.5 Å². The molecular weight excluding hydrogens is 234 g/mol. The van der Waals surface area contributed by atoms with Crippen molar-refractivity contribution in [1.82, 2.24) is 0 Å². The molecule has 90 valence electrons. The van der Waals surface area contributed by atoms with Crippen LogP contribution in [-0.2, 0) is 14.8 Å². The summed E-state index contributed by atoms with van der Waals surface area (Å²) >= 11 is 0. The number of allylic oxidation sites excluding steroid dienone is 2. The fraction of sp³-hybridized carbons (Fsp3) is 0.385. The molecule has 1 aliphatic carbocycles. The SMILES string of the molecule is Cc1ccc2c(c1)C1(CC=CC1)S(=O)(=O)N2C. The fourth-order valence-corrected chi connectivity index (χ4v) is 4.88. The Bertz CT molecular complexity index is 608. The lowest BCUT2D eigenvalue weighted by molar-refractivity contribution is 0.541. The average Bonchev–Trinajstić information content (AvgIpc) is 2.82. The third-order valence-corrected chi connectivity index (χ3v) is 6.36. The number of fused-ring (bicyclic) bond motifs is 2. The van der Waals surface area contributed by atoms with Gasteiger partial charge in [0.05, 0.1) is 5.69 Å². The number of hydrogen-bond donors (Lipinski definition) is 0. The van der Waals surface area contributed by atoms with Gasteiger partial charge in [-0.05, 0) is 25.8 Å². The summed E-state index contributed by atoms with van der Waals surface area (Å²) in [5.41, 5.74) is 2.91. The maximum atomic E-state index is 12.6. The molecule has 0 fully saturated rings. The second-order valence-corrected chi connectivity index (χ2v) is 7.15. The van der Waals surface area contributed by atoms with Gasteiger partial charge in [0, 0.05) is 12.6 Å². The molecular formula is C13H15NO2S. The van der Waals surface area contributed by atoms with E-state index in [1.807, 2.05) is 37.3 Å². The van der Waals surface area contributed by atoms with Crippen LogP contribution >= 0.6 is 0 Å². The van der Waals surface area contributed by atoms with Gasteiger partial charge in [-0.15, -0.1) is 0 Å². The molecule has 3 nitrogen and oxygen atoms in total. The Hall–Kier alpha value is -1.29. The van der Waals surface area contributed by atoms with Crippen LogP contribution in [0.25, 0.3) is 0 Å². The molecule has 1 aromatic rings. The number of sulfonamides is 1. The lowest BCUT2D eigenvalue weighted by Crippen LogP contribution is -2.36. The van der Waals surface area contributed by atoms with E-state index in [9.17, 15) is 8.42 Å². The third kappa shape index (κ3) is 1.14. The average molecular weight is 249 g/mol. The quantitative estimate of drug-likeness (QED) is 0.662. The van der Waals surface area contributed by atoms with Crippen LogP contribution in [0.2, 0.25) is 0 Å². The molecule has 1 aliphatic heterocycles. The molecule has 0 unspecified atom stereocenters. The maximum Gasteiger partial charge on any atom is 0.245 e. The van der Waals surface area contributed by atoms with Crippen molar-refractivity contribution in [1.29, 1.82) is 0 Å². The number of hydrogen-bond acceptors (Lipinski definition) is 2. The van der Waals surface area contributed by atoms with E-state index in [-0.39, 0.29) is 0 Å². The van der Waals surface area contributed by atoms with Crippen LogP contribution in [0.15, 0.2) is 30.4 Å². The summed E-state index contributed by atoms with van der Waals surface area (Å²) in [5, 5.41) is 0. The molecule has 1 aromatic carbocycles. The van der Waals surface area contributed by atoms with E-state index < -0.39 is 14.8 Å². The highest BCUT2D eigenvalue weighted by Gasteiger charge is 2.54. The number of benzene rings is 1. The van der Waals surface area contributed by atoms with Crippen molar-refractivity contribution in [2.75, 3.05) is 11.4 Å². The molecule has 0 saturated carbocycles. The molecule has 2 aliphatic rings. The molecule has 17 heavy (non-hydrogen) atoms. The molecule has 0 atom stereocenters. The van der Waals surface area contributed by atoms with E-state index in [1.54, 1.807) is 7.05 Å². The molecule has 0 amide bonds. The van der Waals surface area contributed by atoms with Crippen LogP contribution in [0, 0.1) is 6.92 Å². The highest BCUT2D eigenvalue weighted by molar-refractivity contribution is 7.94. The van der Waals surface area contributed by atoms with Crippen LogP contribution in [0.4, 0.5) is 5.69 Å². The first-order valence-electron chi connectivity index (χ1n) is 5.74. The van der Waals surface area contributed by atoms with Gasteiger partial charge in [0.1, 0.15) is 4.75 Å². The van der Waals surface area contributed by atoms with Gasteiger partial charge in [-0.2, -0.15) is 0 Å². The third-order valence-electron chi connectivity index (χ3n) is 3.90. The van der Waals surface area contributed by atoms with Crippen molar-refractivity contribution in [3.05, 3.63) is 41.5 Å². The fourth-order valence-electron chi connectivity index (χ4n) is 2.88. The van der Waals surface area contributed by atoms with Gasteiger partial charge in [0.15, 0.2) is 0 Å². The summed E-state index contributed by atoms with van der Waals surface area (Å²) in [5.74, 6) is 0. The van der Waals surface area contributed by atoms with E-state index in [4.69, 9.17) is 0 Å². The van der Waals surface area contributed by atoms with Crippen molar-refractivity contribution in [3.63, 3.8) is 0 Å². The van der Waals surface area contributed by atoms with Crippen LogP contribution in [0.3, 0.4) is 0 Å². The lowest BCUT2D eigenvalue weighted by Gasteiger charge is -2.23. The van der Waals surface area contributed by atoms with Gasteiger partial charge in [0.2, 0.25) is 10.0 Å². The molecule has 1 spiro atoms. The van der Waals surface area contributed by atoms with Crippen LogP contribution in [0.5, 0.6) is 0 Å². The Kier molecular flexibility index (Phi) is 2.00. The molecule has 4 heteroatoms. The summed E-state index contributed by atoms with van der Waals surface area (Å²) in [7, 11) is -1.62. The minimum atomic E-state index is -3.27. The smallest absolute Gasteiger partial charge is 0.245 e. The number of aryl methyl sites for hydroxylation is 1. The van der Waals surface area contributed by atoms with E-state index in [2.05, 4.69) is 0 Å². The molecule has 1 heterocycles. The van der Waals surface area contributed by atoms with E-state index >= 15 is 0 Å². The normalized spacial score (nSPS) is 23.3. The largest absolute Gasteiger partial charge is 0.272 e. The van der Waals surface area contributed by atoms with Gasteiger partial charge in [-0.25, -0.2) is 8.42 Å². The number of rotatable bonds is 0. The van der Waals surface area contributed by atoms with Gasteiger partial charge in [0.25, 0.3) is 0 Å². The molecule has 0 bridgehead atoms. The second kappa shape index (κ2) is 3.13. The Morgan fingerprint density at radius 1 is 1.24 bits per heavy atom. The van der Waals surface area contributed by atoms with Gasteiger partial charge in [-0.1, -0.05) is 29.8 Å². The standard InChI is InChI=1S/C13H15NO2S/c1-10-5-6-12-11(9-10)13(7-3-4-8-13)17(15,16)14(12)2/h3-6,9H,7-8H2,1-2H3. The van der Waals surface area contributed by atoms with E-state index in [0.717, 1.165) is 16.8 Å². The molecule has 0 N–H and O–H groups in total. The number of anilines is 1. The van der Waals surface area contributed by atoms with Crippen molar-refractivity contribution in [2.45, 2.75) is 24.5 Å². The summed E-state index contributed by atoms with van der Waals surface area (Å²) < 4.78 is 25.8. The first-order chi connectivity index (χ1) is 7.99. The Balaban J connectivity index is 2.33. The van der Waals surface area contributed by atoms with Crippen molar-refractivity contribution >= 4 is 15.7 Å². The molecule has 0 saturated heterocycles. The molecule has 0 aromatic heterocycles. The maximum absolute atomic E-state index is 12.6. The summed E-state index contributed by atoms with van der Waals surface area (Å²) in [4.78, 5) is 0. The molecule has 0 radical (unpaired) electrons. The Morgan fingerprint density at radius 2 is 1.88 bits per heavy atom. The van der Waals surface area contributed by atoms with Gasteiger partial charge >= 0.3 is 0 Å². The minimum absolute atomic E-state index is 0.593. The zero-order valence-corrected chi connectivity index (χ0v) is 10.8. The summed E-state index contributed by atoms with van der Waals surface area (Å²) in [6.45, 7) is 2.00. The highest BCUT2D eigenvalue weighted by atomic mass is 32.2.